The highest BCUT2D eigenvalue weighted by atomic mass is 16.5. The van der Waals surface area contributed by atoms with Gasteiger partial charge in [0.05, 0.1) is 19.8 Å². The third-order valence-corrected chi connectivity index (χ3v) is 5.32. The number of anilines is 3. The van der Waals surface area contributed by atoms with Crippen molar-refractivity contribution < 1.29 is 19.1 Å². The lowest BCUT2D eigenvalue weighted by Crippen LogP contribution is -2.40. The largest absolute Gasteiger partial charge is 0.378 e. The van der Waals surface area contributed by atoms with E-state index in [4.69, 9.17) is 4.74 Å². The van der Waals surface area contributed by atoms with Crippen molar-refractivity contribution in [2.24, 2.45) is 0 Å². The first kappa shape index (κ1) is 24.3. The van der Waals surface area contributed by atoms with Crippen molar-refractivity contribution in [2.45, 2.75) is 32.6 Å². The second kappa shape index (κ2) is 12.6. The molecule has 0 atom stereocenters. The van der Waals surface area contributed by atoms with E-state index in [1.165, 1.54) is 0 Å². The first-order chi connectivity index (χ1) is 16.0. The second-order valence-electron chi connectivity index (χ2n) is 7.97. The minimum Gasteiger partial charge on any atom is -0.378 e. The van der Waals surface area contributed by atoms with Gasteiger partial charge in [-0.2, -0.15) is 0 Å². The summed E-state index contributed by atoms with van der Waals surface area (Å²) in [6.45, 7) is 4.47. The molecule has 1 aliphatic heterocycles. The van der Waals surface area contributed by atoms with Crippen LogP contribution in [0.3, 0.4) is 0 Å². The Bertz CT molecular complexity index is 940. The number of hydrogen-bond donors (Lipinski definition) is 3. The van der Waals surface area contributed by atoms with Crippen LogP contribution in [-0.2, 0) is 14.3 Å². The lowest BCUT2D eigenvalue weighted by Gasteiger charge is -2.26. The van der Waals surface area contributed by atoms with Crippen molar-refractivity contribution in [3.05, 3.63) is 54.1 Å². The summed E-state index contributed by atoms with van der Waals surface area (Å²) in [7, 11) is 0. The molecule has 0 spiro atoms. The first-order valence-corrected chi connectivity index (χ1v) is 11.5. The topological polar surface area (TPSA) is 99.8 Å². The molecule has 0 aromatic heterocycles. The molecule has 8 nitrogen and oxygen atoms in total. The first-order valence-electron chi connectivity index (χ1n) is 11.5. The average molecular weight is 453 g/mol. The van der Waals surface area contributed by atoms with Crippen molar-refractivity contribution in [2.75, 3.05) is 48.8 Å². The summed E-state index contributed by atoms with van der Waals surface area (Å²) >= 11 is 0. The minimum absolute atomic E-state index is 0.00566. The monoisotopic (exact) mass is 452 g/mol. The van der Waals surface area contributed by atoms with Gasteiger partial charge in [-0.15, -0.1) is 0 Å². The molecule has 2 aromatic carbocycles. The lowest BCUT2D eigenvalue weighted by atomic mass is 10.1. The molecule has 1 heterocycles. The van der Waals surface area contributed by atoms with E-state index in [9.17, 15) is 14.4 Å². The molecule has 0 radical (unpaired) electrons. The van der Waals surface area contributed by atoms with Crippen LogP contribution in [0, 0.1) is 0 Å². The van der Waals surface area contributed by atoms with E-state index in [1.807, 2.05) is 18.2 Å². The Hall–Kier alpha value is -3.39. The van der Waals surface area contributed by atoms with Crippen LogP contribution in [0.25, 0.3) is 0 Å². The molecule has 2 aromatic rings. The molecule has 0 saturated carbocycles. The molecule has 1 saturated heterocycles. The van der Waals surface area contributed by atoms with E-state index >= 15 is 0 Å². The zero-order valence-electron chi connectivity index (χ0n) is 19.1. The Morgan fingerprint density at radius 2 is 1.58 bits per heavy atom. The third-order valence-electron chi connectivity index (χ3n) is 5.32. The van der Waals surface area contributed by atoms with Gasteiger partial charge >= 0.3 is 0 Å². The number of carbonyl (C=O) groups is 3. The molecule has 1 aliphatic rings. The number of unbranched alkanes of at least 4 members (excludes halogenated alkanes) is 2. The van der Waals surface area contributed by atoms with Gasteiger partial charge in [0.25, 0.3) is 5.91 Å². The molecular formula is C25H32N4O4. The Morgan fingerprint density at radius 3 is 2.30 bits per heavy atom. The maximum Gasteiger partial charge on any atom is 0.254 e. The van der Waals surface area contributed by atoms with Gasteiger partial charge in [-0.05, 0) is 48.9 Å². The highest BCUT2D eigenvalue weighted by Crippen LogP contribution is 2.16. The Morgan fingerprint density at radius 1 is 0.879 bits per heavy atom. The summed E-state index contributed by atoms with van der Waals surface area (Å²) in [5.74, 6) is -0.250. The number of rotatable bonds is 10. The number of hydrogen-bond acceptors (Lipinski definition) is 5. The fourth-order valence-corrected chi connectivity index (χ4v) is 3.50. The molecule has 176 valence electrons. The van der Waals surface area contributed by atoms with Crippen molar-refractivity contribution in [3.8, 4) is 0 Å². The summed E-state index contributed by atoms with van der Waals surface area (Å²) in [4.78, 5) is 38.6. The van der Waals surface area contributed by atoms with Crippen LogP contribution < -0.4 is 16.0 Å². The molecular weight excluding hydrogens is 420 g/mol. The Balaban J connectivity index is 1.45. The van der Waals surface area contributed by atoms with Gasteiger partial charge in [-0.1, -0.05) is 25.8 Å². The molecule has 0 unspecified atom stereocenters. The van der Waals surface area contributed by atoms with Crippen LogP contribution in [0.5, 0.6) is 0 Å². The number of amides is 3. The number of morpholine rings is 1. The lowest BCUT2D eigenvalue weighted by molar-refractivity contribution is -0.116. The van der Waals surface area contributed by atoms with Crippen LogP contribution in [0.4, 0.5) is 17.1 Å². The maximum atomic E-state index is 12.5. The van der Waals surface area contributed by atoms with Crippen molar-refractivity contribution in [3.63, 3.8) is 0 Å². The highest BCUT2D eigenvalue weighted by molar-refractivity contribution is 5.97. The van der Waals surface area contributed by atoms with Crippen LogP contribution in [0.15, 0.2) is 48.5 Å². The van der Waals surface area contributed by atoms with Crippen LogP contribution in [0.1, 0.15) is 43.0 Å². The van der Waals surface area contributed by atoms with Gasteiger partial charge < -0.3 is 25.6 Å². The number of ether oxygens (including phenoxy) is 1. The third kappa shape index (κ3) is 7.91. The Labute approximate surface area is 194 Å². The van der Waals surface area contributed by atoms with E-state index in [1.54, 1.807) is 35.2 Å². The SMILES string of the molecule is CCCCCC(=O)Nc1cccc(NCC(=O)Nc2ccc(C(=O)N3CCOCC3)cc2)c1. The minimum atomic E-state index is -0.212. The molecule has 8 heteroatoms. The van der Waals surface area contributed by atoms with E-state index < -0.39 is 0 Å². The van der Waals surface area contributed by atoms with E-state index in [2.05, 4.69) is 22.9 Å². The zero-order valence-corrected chi connectivity index (χ0v) is 19.1. The van der Waals surface area contributed by atoms with Crippen LogP contribution in [-0.4, -0.2) is 55.5 Å². The molecule has 3 rings (SSSR count). The predicted octanol–water partition coefficient (Wildman–Crippen LogP) is 3.73. The normalized spacial score (nSPS) is 13.3. The van der Waals surface area contributed by atoms with E-state index in [0.29, 0.717) is 49.7 Å². The summed E-state index contributed by atoms with van der Waals surface area (Å²) in [6, 6.07) is 14.2. The summed E-state index contributed by atoms with van der Waals surface area (Å²) in [6.07, 6.45) is 3.50. The fourth-order valence-electron chi connectivity index (χ4n) is 3.50. The van der Waals surface area contributed by atoms with Gasteiger partial charge in [-0.25, -0.2) is 0 Å². The zero-order chi connectivity index (χ0) is 23.5. The number of nitrogens with one attached hydrogen (secondary N) is 3. The van der Waals surface area contributed by atoms with Gasteiger partial charge in [0.1, 0.15) is 0 Å². The van der Waals surface area contributed by atoms with Crippen LogP contribution >= 0.6 is 0 Å². The van der Waals surface area contributed by atoms with Crippen molar-refractivity contribution >= 4 is 34.8 Å². The average Bonchev–Trinajstić information content (AvgIpc) is 2.84. The van der Waals surface area contributed by atoms with E-state index in [0.717, 1.165) is 24.9 Å². The molecule has 0 bridgehead atoms. The number of nitrogens with zero attached hydrogens (tertiary/aromatic N) is 1. The van der Waals surface area contributed by atoms with Gasteiger partial charge in [0, 0.05) is 42.1 Å². The number of carbonyl (C=O) groups excluding carboxylic acids is 3. The maximum absolute atomic E-state index is 12.5. The fraction of sp³-hybridized carbons (Fsp3) is 0.400. The second-order valence-corrected chi connectivity index (χ2v) is 7.97. The molecule has 1 fully saturated rings. The molecule has 33 heavy (non-hydrogen) atoms. The standard InChI is InChI=1S/C25H32N4O4/c1-2-3-4-8-23(30)28-22-7-5-6-21(17-22)26-18-24(31)27-20-11-9-19(10-12-20)25(32)29-13-15-33-16-14-29/h5-7,9-12,17,26H,2-4,8,13-16,18H2,1H3,(H,27,31)(H,28,30). The smallest absolute Gasteiger partial charge is 0.254 e. The summed E-state index contributed by atoms with van der Waals surface area (Å²) in [5, 5.41) is 8.77. The van der Waals surface area contributed by atoms with Crippen molar-refractivity contribution in [1.29, 1.82) is 0 Å². The summed E-state index contributed by atoms with van der Waals surface area (Å²) in [5.41, 5.74) is 2.64. The molecule has 3 amide bonds. The summed E-state index contributed by atoms with van der Waals surface area (Å²) < 4.78 is 5.28. The predicted molar refractivity (Wildman–Crippen MR) is 129 cm³/mol. The quantitative estimate of drug-likeness (QED) is 0.477. The molecule has 0 aliphatic carbocycles. The van der Waals surface area contributed by atoms with Gasteiger partial charge in [0.2, 0.25) is 11.8 Å². The highest BCUT2D eigenvalue weighted by Gasteiger charge is 2.18. The van der Waals surface area contributed by atoms with Crippen molar-refractivity contribution in [1.82, 2.24) is 4.90 Å². The van der Waals surface area contributed by atoms with E-state index in [-0.39, 0.29) is 24.3 Å². The Kier molecular flexibility index (Phi) is 9.26. The van der Waals surface area contributed by atoms with Gasteiger partial charge in [0.15, 0.2) is 0 Å². The van der Waals surface area contributed by atoms with Gasteiger partial charge in [-0.3, -0.25) is 14.4 Å². The molecule has 3 N–H and O–H groups in total. The number of benzene rings is 2. The van der Waals surface area contributed by atoms with Crippen LogP contribution in [0.2, 0.25) is 0 Å².